The molecule has 7 nitrogen and oxygen atoms in total. The Morgan fingerprint density at radius 2 is 1.89 bits per heavy atom. The fraction of sp³-hybridized carbons (Fsp3) is 0.429. The number of nitrogens with zero attached hydrogens (tertiary/aromatic N) is 4. The molecule has 0 bridgehead atoms. The number of carbonyl (C=O) groups excluding carboxylic acids is 2. The maximum absolute atomic E-state index is 12.9. The molecule has 2 aromatic heterocycles. The lowest BCUT2D eigenvalue weighted by molar-refractivity contribution is -0.113. The summed E-state index contributed by atoms with van der Waals surface area (Å²) < 4.78 is 4.29. The van der Waals surface area contributed by atoms with Crippen LogP contribution in [0.3, 0.4) is 0 Å². The van der Waals surface area contributed by atoms with Crippen molar-refractivity contribution in [1.29, 1.82) is 5.26 Å². The number of nitriles is 1. The van der Waals surface area contributed by atoms with Crippen molar-refractivity contribution >= 4 is 40.9 Å². The van der Waals surface area contributed by atoms with E-state index in [0.29, 0.717) is 35.4 Å². The SMILES string of the molecule is CCc1c(C#N)c(SCC(=O)Nc2nsc(-c3ccc(C(C)(C)C)cc3)n2)nc2c1C(=O)CC(C)(C)C2. The van der Waals surface area contributed by atoms with E-state index in [9.17, 15) is 14.9 Å². The van der Waals surface area contributed by atoms with Gasteiger partial charge in [-0.1, -0.05) is 77.6 Å². The number of hydrogen-bond acceptors (Lipinski definition) is 8. The maximum Gasteiger partial charge on any atom is 0.241 e. The summed E-state index contributed by atoms with van der Waals surface area (Å²) in [5, 5.41) is 13.8. The number of anilines is 1. The number of fused-ring (bicyclic) bond motifs is 1. The topological polar surface area (TPSA) is 109 Å². The average Bonchev–Trinajstić information content (AvgIpc) is 3.28. The van der Waals surface area contributed by atoms with E-state index in [-0.39, 0.29) is 34.2 Å². The van der Waals surface area contributed by atoms with Crippen LogP contribution in [0.5, 0.6) is 0 Å². The first-order valence-electron chi connectivity index (χ1n) is 12.3. The molecule has 2 heterocycles. The van der Waals surface area contributed by atoms with E-state index >= 15 is 0 Å². The summed E-state index contributed by atoms with van der Waals surface area (Å²) in [6.45, 7) is 12.5. The zero-order valence-electron chi connectivity index (χ0n) is 22.1. The fourth-order valence-corrected chi connectivity index (χ4v) is 5.99. The highest BCUT2D eigenvalue weighted by atomic mass is 32.2. The first kappa shape index (κ1) is 27.0. The van der Waals surface area contributed by atoms with Crippen LogP contribution >= 0.6 is 23.3 Å². The normalized spacial score (nSPS) is 14.7. The fourth-order valence-electron chi connectivity index (χ4n) is 4.53. The number of rotatable bonds is 6. The second kappa shape index (κ2) is 10.3. The molecule has 37 heavy (non-hydrogen) atoms. The molecular formula is C28H31N5O2S2. The van der Waals surface area contributed by atoms with Gasteiger partial charge in [-0.3, -0.25) is 14.9 Å². The van der Waals surface area contributed by atoms with Gasteiger partial charge in [-0.2, -0.15) is 14.6 Å². The van der Waals surface area contributed by atoms with Crippen LogP contribution in [-0.2, 0) is 23.1 Å². The number of hydrogen-bond donors (Lipinski definition) is 1. The Labute approximate surface area is 226 Å². The van der Waals surface area contributed by atoms with E-state index in [1.807, 2.05) is 32.9 Å². The van der Waals surface area contributed by atoms with Gasteiger partial charge >= 0.3 is 0 Å². The maximum atomic E-state index is 12.9. The molecule has 0 fully saturated rings. The van der Waals surface area contributed by atoms with Gasteiger partial charge in [-0.05, 0) is 46.3 Å². The molecule has 1 N–H and O–H groups in total. The zero-order chi connectivity index (χ0) is 27.0. The van der Waals surface area contributed by atoms with Crippen molar-refractivity contribution in [3.05, 3.63) is 52.2 Å². The van der Waals surface area contributed by atoms with E-state index in [2.05, 4.69) is 53.6 Å². The molecule has 0 spiro atoms. The van der Waals surface area contributed by atoms with E-state index < -0.39 is 0 Å². The predicted molar refractivity (Wildman–Crippen MR) is 148 cm³/mol. The Morgan fingerprint density at radius 1 is 1.19 bits per heavy atom. The van der Waals surface area contributed by atoms with Gasteiger partial charge in [-0.15, -0.1) is 0 Å². The molecular weight excluding hydrogens is 502 g/mol. The number of benzene rings is 1. The van der Waals surface area contributed by atoms with Crippen molar-refractivity contribution < 1.29 is 9.59 Å². The largest absolute Gasteiger partial charge is 0.294 e. The molecule has 1 aromatic carbocycles. The smallest absolute Gasteiger partial charge is 0.241 e. The van der Waals surface area contributed by atoms with Gasteiger partial charge < -0.3 is 0 Å². The third-order valence-corrected chi connectivity index (χ3v) is 8.13. The van der Waals surface area contributed by atoms with Gasteiger partial charge in [0.05, 0.1) is 17.0 Å². The van der Waals surface area contributed by atoms with Crippen LogP contribution < -0.4 is 5.32 Å². The first-order valence-corrected chi connectivity index (χ1v) is 14.0. The minimum absolute atomic E-state index is 0.0415. The second-order valence-corrected chi connectivity index (χ2v) is 12.8. The van der Waals surface area contributed by atoms with Gasteiger partial charge in [0, 0.05) is 17.5 Å². The highest BCUT2D eigenvalue weighted by molar-refractivity contribution is 8.00. The van der Waals surface area contributed by atoms with Crippen molar-refractivity contribution in [3.63, 3.8) is 0 Å². The lowest BCUT2D eigenvalue weighted by Crippen LogP contribution is -2.29. The number of carbonyl (C=O) groups is 2. The minimum atomic E-state index is -0.282. The average molecular weight is 534 g/mol. The molecule has 0 unspecified atom stereocenters. The quantitative estimate of drug-likeness (QED) is 0.375. The highest BCUT2D eigenvalue weighted by Gasteiger charge is 2.35. The first-order chi connectivity index (χ1) is 17.4. The molecule has 0 atom stereocenters. The summed E-state index contributed by atoms with van der Waals surface area (Å²) in [5.41, 5.74) is 4.51. The number of pyridine rings is 1. The standard InChI is InChI=1S/C28H31N5O2S2/c1-7-18-19(14-29)25(30-20-12-28(5,6)13-21(34)23(18)20)36-15-22(35)31-26-32-24(37-33-26)16-8-10-17(11-9-16)27(2,3)4/h8-11H,7,12-13,15H2,1-6H3,(H,31,33,35). The monoisotopic (exact) mass is 533 g/mol. The summed E-state index contributed by atoms with van der Waals surface area (Å²) in [4.78, 5) is 34.7. The number of nitrogens with one attached hydrogen (secondary N) is 1. The Morgan fingerprint density at radius 3 is 2.51 bits per heavy atom. The van der Waals surface area contributed by atoms with Gasteiger partial charge in [0.2, 0.25) is 11.9 Å². The van der Waals surface area contributed by atoms with Crippen LogP contribution in [0.1, 0.15) is 80.7 Å². The highest BCUT2D eigenvalue weighted by Crippen LogP contribution is 2.38. The zero-order valence-corrected chi connectivity index (χ0v) is 23.7. The molecule has 3 aromatic rings. The van der Waals surface area contributed by atoms with Crippen molar-refractivity contribution in [3.8, 4) is 16.6 Å². The summed E-state index contributed by atoms with van der Waals surface area (Å²) in [6.07, 6.45) is 1.66. The molecule has 0 saturated heterocycles. The van der Waals surface area contributed by atoms with Crippen molar-refractivity contribution in [1.82, 2.24) is 14.3 Å². The minimum Gasteiger partial charge on any atom is -0.294 e. The Hall–Kier alpha value is -3.09. The van der Waals surface area contributed by atoms with Crippen LogP contribution in [0.2, 0.25) is 0 Å². The molecule has 192 valence electrons. The summed E-state index contributed by atoms with van der Waals surface area (Å²) in [7, 11) is 0. The van der Waals surface area contributed by atoms with Gasteiger partial charge in [0.1, 0.15) is 16.1 Å². The van der Waals surface area contributed by atoms with Gasteiger partial charge in [0.15, 0.2) is 5.78 Å². The third-order valence-electron chi connectivity index (χ3n) is 6.39. The molecule has 0 aliphatic heterocycles. The van der Waals surface area contributed by atoms with Crippen molar-refractivity contribution in [2.24, 2.45) is 5.41 Å². The van der Waals surface area contributed by atoms with E-state index in [1.54, 1.807) is 0 Å². The van der Waals surface area contributed by atoms with Crippen LogP contribution in [-0.4, -0.2) is 31.8 Å². The second-order valence-electron chi connectivity index (χ2n) is 11.1. The van der Waals surface area contributed by atoms with Crippen LogP contribution in [0.4, 0.5) is 5.95 Å². The lowest BCUT2D eigenvalue weighted by Gasteiger charge is -2.31. The number of ketones is 1. The van der Waals surface area contributed by atoms with Crippen molar-refractivity contribution in [2.75, 3.05) is 11.1 Å². The van der Waals surface area contributed by atoms with E-state index in [4.69, 9.17) is 4.98 Å². The van der Waals surface area contributed by atoms with Crippen LogP contribution in [0.25, 0.3) is 10.6 Å². The number of Topliss-reactive ketones (excluding diaryl/α,β-unsaturated/α-hetero) is 1. The van der Waals surface area contributed by atoms with E-state index in [0.717, 1.165) is 21.8 Å². The van der Waals surface area contributed by atoms with Crippen molar-refractivity contribution in [2.45, 2.75) is 71.2 Å². The Kier molecular flexibility index (Phi) is 7.54. The van der Waals surface area contributed by atoms with Gasteiger partial charge in [0.25, 0.3) is 0 Å². The molecule has 4 rings (SSSR count). The lowest BCUT2D eigenvalue weighted by atomic mass is 9.74. The Bertz CT molecular complexity index is 1400. The number of thioether (sulfide) groups is 1. The molecule has 0 saturated carbocycles. The van der Waals surface area contributed by atoms with Crippen LogP contribution in [0.15, 0.2) is 29.3 Å². The van der Waals surface area contributed by atoms with Crippen LogP contribution in [0, 0.1) is 16.7 Å². The molecule has 1 amide bonds. The summed E-state index contributed by atoms with van der Waals surface area (Å²) in [6, 6.07) is 10.4. The summed E-state index contributed by atoms with van der Waals surface area (Å²) >= 11 is 2.43. The molecule has 9 heteroatoms. The molecule has 0 radical (unpaired) electrons. The number of amides is 1. The Balaban J connectivity index is 1.47. The summed E-state index contributed by atoms with van der Waals surface area (Å²) in [5.74, 6) is 0.0663. The predicted octanol–water partition coefficient (Wildman–Crippen LogP) is 6.22. The van der Waals surface area contributed by atoms with E-state index in [1.165, 1.54) is 28.9 Å². The number of aromatic nitrogens is 3. The molecule has 1 aliphatic rings. The molecule has 1 aliphatic carbocycles. The van der Waals surface area contributed by atoms with Gasteiger partial charge in [-0.25, -0.2) is 4.98 Å². The third kappa shape index (κ3) is 5.91.